The molecule has 17 nitrogen and oxygen atoms in total. The number of carbonyl (C=O) groups excluding carboxylic acids is 7. The van der Waals surface area contributed by atoms with Crippen LogP contribution in [0.1, 0.15) is 69.6 Å². The van der Waals surface area contributed by atoms with E-state index >= 15 is 0 Å². The summed E-state index contributed by atoms with van der Waals surface area (Å²) in [6.07, 6.45) is -0.791. The van der Waals surface area contributed by atoms with Crippen molar-refractivity contribution in [3.8, 4) is 11.5 Å². The normalized spacial score (nSPS) is 28.9. The molecule has 61 heavy (non-hydrogen) atoms. The Balaban J connectivity index is 1.20. The lowest BCUT2D eigenvalue weighted by molar-refractivity contribution is -0.163. The van der Waals surface area contributed by atoms with Crippen LogP contribution in [0.25, 0.3) is 0 Å². The SMILES string of the molecule is Cc1cccc(C[C@H](NC(=O)Cc2ccc3c(c2)OCCO3)C(=O)N[C@@H]2C(=O)N3C[C@H](O)C[C@H]3C(=O)N3CCCC[C@H]3C(=O)N[C@@H](C)C(=O)N3C[C@H](C)C[C@H]3C(=O)O[C@H]2C)c1. The molecule has 0 spiro atoms. The minimum absolute atomic E-state index is 0.0344. The van der Waals surface area contributed by atoms with Gasteiger partial charge < -0.3 is 50.0 Å². The number of nitrogens with one attached hydrogen (secondary N) is 3. The van der Waals surface area contributed by atoms with Crippen LogP contribution in [0.4, 0.5) is 0 Å². The van der Waals surface area contributed by atoms with Crippen molar-refractivity contribution in [2.75, 3.05) is 32.8 Å². The summed E-state index contributed by atoms with van der Waals surface area (Å²) < 4.78 is 17.3. The molecule has 2 aromatic rings. The first-order valence-corrected chi connectivity index (χ1v) is 21.3. The Morgan fingerprint density at radius 1 is 0.836 bits per heavy atom. The fourth-order valence-corrected chi connectivity index (χ4v) is 9.14. The van der Waals surface area contributed by atoms with E-state index in [4.69, 9.17) is 14.2 Å². The van der Waals surface area contributed by atoms with Crippen LogP contribution in [-0.2, 0) is 51.1 Å². The van der Waals surface area contributed by atoms with Gasteiger partial charge in [0.05, 0.1) is 12.5 Å². The smallest absolute Gasteiger partial charge is 0.329 e. The van der Waals surface area contributed by atoms with E-state index in [0.29, 0.717) is 49.5 Å². The summed E-state index contributed by atoms with van der Waals surface area (Å²) in [5, 5.41) is 19.3. The lowest BCUT2D eigenvalue weighted by Crippen LogP contribution is -2.63. The molecule has 5 heterocycles. The Morgan fingerprint density at radius 3 is 2.36 bits per heavy atom. The fraction of sp³-hybridized carbons (Fsp3) is 0.568. The third kappa shape index (κ3) is 9.77. The summed E-state index contributed by atoms with van der Waals surface area (Å²) in [7, 11) is 0. The van der Waals surface area contributed by atoms with E-state index in [1.54, 1.807) is 18.2 Å². The van der Waals surface area contributed by atoms with Crippen molar-refractivity contribution >= 4 is 41.4 Å². The highest BCUT2D eigenvalue weighted by atomic mass is 16.6. The van der Waals surface area contributed by atoms with Gasteiger partial charge in [0.2, 0.25) is 35.4 Å². The lowest BCUT2D eigenvalue weighted by atomic mass is 9.98. The number of cyclic esters (lactones) is 1. The molecule has 0 radical (unpaired) electrons. The van der Waals surface area contributed by atoms with E-state index in [1.807, 2.05) is 38.1 Å². The number of piperidine rings is 1. The number of amides is 6. The van der Waals surface area contributed by atoms with Gasteiger partial charge in [-0.25, -0.2) is 4.79 Å². The summed E-state index contributed by atoms with van der Waals surface area (Å²) in [4.78, 5) is 103. The molecule has 4 N–H and O–H groups in total. The zero-order valence-corrected chi connectivity index (χ0v) is 35.1. The predicted octanol–water partition coefficient (Wildman–Crippen LogP) is 0.551. The predicted molar refractivity (Wildman–Crippen MR) is 218 cm³/mol. The highest BCUT2D eigenvalue weighted by Gasteiger charge is 2.49. The molecular weight excluding hydrogens is 789 g/mol. The number of aryl methyl sites for hydroxylation is 1. The summed E-state index contributed by atoms with van der Waals surface area (Å²) in [5.74, 6) is -3.46. The largest absolute Gasteiger partial charge is 0.486 e. The van der Waals surface area contributed by atoms with Crippen molar-refractivity contribution in [1.82, 2.24) is 30.7 Å². The van der Waals surface area contributed by atoms with Gasteiger partial charge in [0, 0.05) is 32.5 Å². The van der Waals surface area contributed by atoms with Gasteiger partial charge in [-0.2, -0.15) is 0 Å². The lowest BCUT2D eigenvalue weighted by Gasteiger charge is -2.39. The molecule has 2 aromatic carbocycles. The Labute approximate surface area is 354 Å². The van der Waals surface area contributed by atoms with Gasteiger partial charge in [-0.15, -0.1) is 0 Å². The number of fused-ring (bicyclic) bond motifs is 4. The standard InChI is InChI=1S/C44H56N6O11/c1-24-8-7-9-28(16-24)18-31(46-37(52)20-29-11-12-35-36(19-29)60-15-14-59-35)39(53)47-38-27(4)61-44(58)34-17-25(2)22-49(34)41(55)26(3)45-40(54)32-10-5-6-13-48(32)42(56)33-21-30(51)23-50(33)43(38)57/h7-9,11-12,16,19,25-27,30-34,38,51H,5-6,10,13-15,17-18,20-23H2,1-4H3,(H,45,54)(H,46,52)(H,47,53)/t25-,26+,27+,30-,31+,32+,33+,34+,38+/m1/s1. The molecule has 328 valence electrons. The van der Waals surface area contributed by atoms with Crippen molar-refractivity contribution in [3.05, 3.63) is 59.2 Å². The average Bonchev–Trinajstić information content (AvgIpc) is 3.83. The molecule has 0 unspecified atom stereocenters. The Hall–Kier alpha value is -5.71. The second-order valence-corrected chi connectivity index (χ2v) is 17.1. The quantitative estimate of drug-likeness (QED) is 0.283. The molecule has 6 amide bonds. The molecule has 0 aliphatic carbocycles. The van der Waals surface area contributed by atoms with E-state index in [0.717, 1.165) is 11.1 Å². The molecule has 0 aromatic heterocycles. The second-order valence-electron chi connectivity index (χ2n) is 17.1. The molecule has 4 fully saturated rings. The maximum Gasteiger partial charge on any atom is 0.329 e. The number of esters is 1. The second kappa shape index (κ2) is 18.5. The maximum atomic E-state index is 14.9. The molecule has 4 saturated heterocycles. The van der Waals surface area contributed by atoms with Crippen LogP contribution in [-0.4, -0.2) is 143 Å². The van der Waals surface area contributed by atoms with Crippen LogP contribution in [0, 0.1) is 12.8 Å². The highest BCUT2D eigenvalue weighted by Crippen LogP contribution is 2.32. The van der Waals surface area contributed by atoms with E-state index in [2.05, 4.69) is 16.0 Å². The Bertz CT molecular complexity index is 2050. The zero-order valence-electron chi connectivity index (χ0n) is 35.1. The number of ether oxygens (including phenoxy) is 3. The van der Waals surface area contributed by atoms with Gasteiger partial charge in [-0.3, -0.25) is 28.8 Å². The van der Waals surface area contributed by atoms with Crippen LogP contribution in [0.3, 0.4) is 0 Å². The van der Waals surface area contributed by atoms with Crippen molar-refractivity contribution in [2.45, 2.75) is 121 Å². The van der Waals surface area contributed by atoms with Gasteiger partial charge in [0.25, 0.3) is 0 Å². The van der Waals surface area contributed by atoms with Crippen LogP contribution < -0.4 is 25.4 Å². The Morgan fingerprint density at radius 2 is 1.59 bits per heavy atom. The van der Waals surface area contributed by atoms with Gasteiger partial charge in [-0.1, -0.05) is 42.8 Å². The van der Waals surface area contributed by atoms with Crippen molar-refractivity contribution < 1.29 is 52.9 Å². The van der Waals surface area contributed by atoms with Crippen molar-refractivity contribution in [2.24, 2.45) is 5.92 Å². The number of hydrogen-bond donors (Lipinski definition) is 4. The first kappa shape index (κ1) is 43.4. The molecule has 7 rings (SSSR count). The first-order chi connectivity index (χ1) is 29.2. The van der Waals surface area contributed by atoms with Gasteiger partial charge in [0.1, 0.15) is 55.6 Å². The third-order valence-corrected chi connectivity index (χ3v) is 12.2. The summed E-state index contributed by atoms with van der Waals surface area (Å²) in [6.45, 7) is 7.72. The molecule has 5 aliphatic rings. The molecule has 0 saturated carbocycles. The topological polar surface area (TPSA) is 213 Å². The number of hydrogen-bond acceptors (Lipinski definition) is 11. The average molecular weight is 845 g/mol. The molecule has 0 bridgehead atoms. The minimum atomic E-state index is -1.60. The van der Waals surface area contributed by atoms with E-state index in [-0.39, 0.29) is 51.2 Å². The van der Waals surface area contributed by atoms with Crippen LogP contribution in [0.5, 0.6) is 11.5 Å². The summed E-state index contributed by atoms with van der Waals surface area (Å²) in [6, 6.07) is 5.56. The van der Waals surface area contributed by atoms with E-state index in [1.165, 1.54) is 28.5 Å². The highest BCUT2D eigenvalue weighted by molar-refractivity contribution is 5.98. The maximum absolute atomic E-state index is 14.9. The third-order valence-electron chi connectivity index (χ3n) is 12.2. The van der Waals surface area contributed by atoms with E-state index < -0.39 is 89.9 Å². The zero-order chi connectivity index (χ0) is 43.5. The fourth-order valence-electron chi connectivity index (χ4n) is 9.14. The first-order valence-electron chi connectivity index (χ1n) is 21.3. The molecule has 17 heteroatoms. The van der Waals surface area contributed by atoms with Crippen molar-refractivity contribution in [3.63, 3.8) is 0 Å². The number of aliphatic hydroxyl groups excluding tert-OH is 1. The van der Waals surface area contributed by atoms with Gasteiger partial charge >= 0.3 is 5.97 Å². The molecule has 5 aliphatic heterocycles. The van der Waals surface area contributed by atoms with Crippen LogP contribution in [0.2, 0.25) is 0 Å². The summed E-state index contributed by atoms with van der Waals surface area (Å²) in [5.41, 5.74) is 2.27. The Kier molecular flexibility index (Phi) is 13.2. The molecular formula is C44H56N6O11. The minimum Gasteiger partial charge on any atom is -0.486 e. The number of nitrogens with zero attached hydrogens (tertiary/aromatic N) is 3. The number of benzene rings is 2. The van der Waals surface area contributed by atoms with Crippen LogP contribution in [0.15, 0.2) is 42.5 Å². The number of rotatable bonds is 7. The van der Waals surface area contributed by atoms with Gasteiger partial charge in [0.15, 0.2) is 11.5 Å². The van der Waals surface area contributed by atoms with Crippen molar-refractivity contribution in [1.29, 1.82) is 0 Å². The van der Waals surface area contributed by atoms with Gasteiger partial charge in [-0.05, 0) is 75.6 Å². The van der Waals surface area contributed by atoms with Crippen LogP contribution >= 0.6 is 0 Å². The molecule has 9 atom stereocenters. The number of aliphatic hydroxyl groups is 1. The van der Waals surface area contributed by atoms with E-state index in [9.17, 15) is 38.7 Å². The summed E-state index contributed by atoms with van der Waals surface area (Å²) >= 11 is 0. The monoisotopic (exact) mass is 844 g/mol. The number of carbonyl (C=O) groups is 7.